The Bertz CT molecular complexity index is 921. The number of hydrogen-bond acceptors (Lipinski definition) is 3. The summed E-state index contributed by atoms with van der Waals surface area (Å²) in [5.74, 6) is -0.0513. The lowest BCUT2D eigenvalue weighted by molar-refractivity contribution is 0.102. The lowest BCUT2D eigenvalue weighted by atomic mass is 10.2. The second-order valence-electron chi connectivity index (χ2n) is 5.33. The van der Waals surface area contributed by atoms with E-state index in [-0.39, 0.29) is 11.7 Å². The number of para-hydroxylation sites is 1. The number of phenols is 1. The number of carbonyl (C=O) groups is 1. The summed E-state index contributed by atoms with van der Waals surface area (Å²) in [6.45, 7) is 0. The molecule has 3 aromatic carbocycles. The van der Waals surface area contributed by atoms with Gasteiger partial charge in [-0.05, 0) is 54.6 Å². The molecule has 4 nitrogen and oxygen atoms in total. The van der Waals surface area contributed by atoms with Gasteiger partial charge in [-0.3, -0.25) is 9.79 Å². The number of nitrogens with one attached hydrogen (secondary N) is 1. The zero-order valence-electron chi connectivity index (χ0n) is 13.2. The number of benzene rings is 3. The van der Waals surface area contributed by atoms with Gasteiger partial charge in [0.25, 0.3) is 5.91 Å². The van der Waals surface area contributed by atoms with Crippen molar-refractivity contribution in [3.05, 3.63) is 88.9 Å². The van der Waals surface area contributed by atoms with Crippen LogP contribution < -0.4 is 5.32 Å². The fourth-order valence-electron chi connectivity index (χ4n) is 2.20. The smallest absolute Gasteiger partial charge is 0.255 e. The third kappa shape index (κ3) is 4.46. The number of aliphatic imine (C=N–C) groups is 1. The van der Waals surface area contributed by atoms with Crippen LogP contribution in [0.25, 0.3) is 0 Å². The van der Waals surface area contributed by atoms with Gasteiger partial charge >= 0.3 is 0 Å². The van der Waals surface area contributed by atoms with Crippen LogP contribution in [-0.4, -0.2) is 17.2 Å². The number of carbonyl (C=O) groups excluding carboxylic acids is 1. The van der Waals surface area contributed by atoms with Gasteiger partial charge in [0, 0.05) is 28.1 Å². The van der Waals surface area contributed by atoms with Crippen molar-refractivity contribution < 1.29 is 9.90 Å². The number of phenolic OH excluding ortho intramolecular Hbond substituents is 1. The van der Waals surface area contributed by atoms with Crippen LogP contribution in [0.5, 0.6) is 5.75 Å². The first kappa shape index (κ1) is 16.7. The van der Waals surface area contributed by atoms with Crippen LogP contribution in [0.15, 0.2) is 77.8 Å². The maximum absolute atomic E-state index is 12.2. The topological polar surface area (TPSA) is 61.7 Å². The van der Waals surface area contributed by atoms with Gasteiger partial charge in [-0.2, -0.15) is 0 Å². The molecule has 0 atom stereocenters. The molecule has 3 rings (SSSR count). The molecular weight excluding hydrogens is 336 g/mol. The average Bonchev–Trinajstić information content (AvgIpc) is 2.62. The van der Waals surface area contributed by atoms with Crippen LogP contribution in [0, 0.1) is 0 Å². The summed E-state index contributed by atoms with van der Waals surface area (Å²) in [5, 5.41) is 13.0. The Morgan fingerprint density at radius 3 is 2.48 bits per heavy atom. The molecule has 0 bridgehead atoms. The first-order chi connectivity index (χ1) is 12.1. The highest BCUT2D eigenvalue weighted by Gasteiger charge is 2.06. The molecule has 0 spiro atoms. The van der Waals surface area contributed by atoms with Crippen LogP contribution in [0.3, 0.4) is 0 Å². The first-order valence-electron chi connectivity index (χ1n) is 7.61. The monoisotopic (exact) mass is 350 g/mol. The Labute approximate surface area is 150 Å². The molecule has 5 heteroatoms. The van der Waals surface area contributed by atoms with E-state index in [2.05, 4.69) is 10.3 Å². The summed E-state index contributed by atoms with van der Waals surface area (Å²) in [6.07, 6.45) is 1.59. The second kappa shape index (κ2) is 7.64. The largest absolute Gasteiger partial charge is 0.507 e. The molecule has 2 N–H and O–H groups in total. The standard InChI is InChI=1S/C20H15ClN2O2/c21-16-6-3-5-14(12-16)20(25)23-18-10-8-17(9-11-18)22-13-15-4-1-2-7-19(15)24/h1-13,24H,(H,23,25). The van der Waals surface area contributed by atoms with E-state index in [0.717, 1.165) is 0 Å². The molecule has 0 aromatic heterocycles. The minimum Gasteiger partial charge on any atom is -0.507 e. The fourth-order valence-corrected chi connectivity index (χ4v) is 2.39. The molecule has 0 saturated heterocycles. The number of amides is 1. The van der Waals surface area contributed by atoms with E-state index in [0.29, 0.717) is 27.5 Å². The maximum Gasteiger partial charge on any atom is 0.255 e. The van der Waals surface area contributed by atoms with Gasteiger partial charge in [0.15, 0.2) is 0 Å². The minimum atomic E-state index is -0.229. The van der Waals surface area contributed by atoms with Gasteiger partial charge < -0.3 is 10.4 Å². The van der Waals surface area contributed by atoms with Crippen molar-refractivity contribution in [2.45, 2.75) is 0 Å². The van der Waals surface area contributed by atoms with Gasteiger partial charge in [0.1, 0.15) is 5.75 Å². The minimum absolute atomic E-state index is 0.177. The van der Waals surface area contributed by atoms with Crippen LogP contribution in [0.2, 0.25) is 5.02 Å². The molecule has 1 amide bonds. The van der Waals surface area contributed by atoms with Crippen LogP contribution >= 0.6 is 11.6 Å². The maximum atomic E-state index is 12.2. The third-order valence-electron chi connectivity index (χ3n) is 3.50. The van der Waals surface area contributed by atoms with Gasteiger partial charge in [-0.25, -0.2) is 0 Å². The van der Waals surface area contributed by atoms with E-state index in [1.165, 1.54) is 0 Å². The number of nitrogens with zero attached hydrogens (tertiary/aromatic N) is 1. The van der Waals surface area contributed by atoms with Gasteiger partial charge in [0.05, 0.1) is 5.69 Å². The predicted molar refractivity (Wildman–Crippen MR) is 101 cm³/mol. The van der Waals surface area contributed by atoms with Crippen molar-refractivity contribution in [3.63, 3.8) is 0 Å². The number of hydrogen-bond donors (Lipinski definition) is 2. The molecule has 124 valence electrons. The Morgan fingerprint density at radius 1 is 1.00 bits per heavy atom. The molecule has 0 saturated carbocycles. The molecule has 0 fully saturated rings. The third-order valence-corrected chi connectivity index (χ3v) is 3.74. The van der Waals surface area contributed by atoms with Crippen LogP contribution in [-0.2, 0) is 0 Å². The Kier molecular flexibility index (Phi) is 5.11. The molecule has 25 heavy (non-hydrogen) atoms. The molecule has 0 heterocycles. The molecule has 3 aromatic rings. The Hall–Kier alpha value is -3.11. The lowest BCUT2D eigenvalue weighted by Gasteiger charge is -2.06. The highest BCUT2D eigenvalue weighted by atomic mass is 35.5. The normalized spacial score (nSPS) is 10.8. The highest BCUT2D eigenvalue weighted by molar-refractivity contribution is 6.31. The molecule has 0 aliphatic heterocycles. The van der Waals surface area contributed by atoms with E-state index < -0.39 is 0 Å². The van der Waals surface area contributed by atoms with Crippen molar-refractivity contribution >= 4 is 35.1 Å². The lowest BCUT2D eigenvalue weighted by Crippen LogP contribution is -2.11. The quantitative estimate of drug-likeness (QED) is 0.647. The summed E-state index contributed by atoms with van der Waals surface area (Å²) in [4.78, 5) is 16.5. The number of anilines is 1. The first-order valence-corrected chi connectivity index (χ1v) is 7.99. The van der Waals surface area contributed by atoms with E-state index in [9.17, 15) is 9.90 Å². The van der Waals surface area contributed by atoms with E-state index in [1.807, 2.05) is 6.07 Å². The average molecular weight is 351 g/mol. The Morgan fingerprint density at radius 2 is 1.76 bits per heavy atom. The van der Waals surface area contributed by atoms with Gasteiger partial charge in [-0.15, -0.1) is 0 Å². The van der Waals surface area contributed by atoms with Gasteiger partial charge in [0.2, 0.25) is 0 Å². The van der Waals surface area contributed by atoms with E-state index >= 15 is 0 Å². The SMILES string of the molecule is O=C(Nc1ccc(N=Cc2ccccc2O)cc1)c1cccc(Cl)c1. The fraction of sp³-hybridized carbons (Fsp3) is 0. The molecule has 0 unspecified atom stereocenters. The summed E-state index contributed by atoms with van der Waals surface area (Å²) in [7, 11) is 0. The second-order valence-corrected chi connectivity index (χ2v) is 5.76. The van der Waals surface area contributed by atoms with Crippen LogP contribution in [0.4, 0.5) is 11.4 Å². The van der Waals surface area contributed by atoms with Crippen molar-refractivity contribution in [2.75, 3.05) is 5.32 Å². The summed E-state index contributed by atoms with van der Waals surface area (Å²) in [6, 6.07) is 20.8. The summed E-state index contributed by atoms with van der Waals surface area (Å²) in [5.41, 5.74) is 2.51. The molecule has 0 aliphatic carbocycles. The zero-order valence-corrected chi connectivity index (χ0v) is 13.9. The molecule has 0 radical (unpaired) electrons. The molecule has 0 aliphatic rings. The summed E-state index contributed by atoms with van der Waals surface area (Å²) < 4.78 is 0. The highest BCUT2D eigenvalue weighted by Crippen LogP contribution is 2.19. The van der Waals surface area contributed by atoms with Gasteiger partial charge in [-0.1, -0.05) is 29.8 Å². The van der Waals surface area contributed by atoms with Crippen molar-refractivity contribution in [2.24, 2.45) is 4.99 Å². The van der Waals surface area contributed by atoms with Crippen LogP contribution in [0.1, 0.15) is 15.9 Å². The predicted octanol–water partition coefficient (Wildman–Crippen LogP) is 5.05. The number of halogens is 1. The molecular formula is C20H15ClN2O2. The number of rotatable bonds is 4. The number of aromatic hydroxyl groups is 1. The zero-order chi connectivity index (χ0) is 17.6. The van der Waals surface area contributed by atoms with Crippen molar-refractivity contribution in [1.29, 1.82) is 0 Å². The van der Waals surface area contributed by atoms with E-state index in [4.69, 9.17) is 11.6 Å². The summed E-state index contributed by atoms with van der Waals surface area (Å²) >= 11 is 5.90. The van der Waals surface area contributed by atoms with Crippen molar-refractivity contribution in [1.82, 2.24) is 0 Å². The van der Waals surface area contributed by atoms with Crippen molar-refractivity contribution in [3.8, 4) is 5.75 Å². The van der Waals surface area contributed by atoms with E-state index in [1.54, 1.807) is 72.9 Å². The Balaban J connectivity index is 1.68.